The van der Waals surface area contributed by atoms with Crippen LogP contribution in [0.1, 0.15) is 12.8 Å². The van der Waals surface area contributed by atoms with Gasteiger partial charge in [0.15, 0.2) is 0 Å². The molecule has 1 radical (unpaired) electrons. The number of unbranched alkanes of at least 4 members (excludes halogenated alkanes) is 1. The molecule has 5 nitrogen and oxygen atoms in total. The van der Waals surface area contributed by atoms with E-state index in [9.17, 15) is 0 Å². The standard InChI is InChI=1S/C5H9N4O/c10-4-2-1-3-9-5-6-7-8-9/h10H,1-4H2. The Bertz CT molecular complexity index is 162. The molecule has 1 rings (SSSR count). The average molecular weight is 141 g/mol. The first-order valence-corrected chi connectivity index (χ1v) is 3.18. The van der Waals surface area contributed by atoms with Crippen molar-refractivity contribution < 1.29 is 5.11 Å². The molecule has 0 amide bonds. The van der Waals surface area contributed by atoms with Crippen LogP contribution in [0.25, 0.3) is 0 Å². The summed E-state index contributed by atoms with van der Waals surface area (Å²) in [7, 11) is 0. The fourth-order valence-electron chi connectivity index (χ4n) is 0.628. The summed E-state index contributed by atoms with van der Waals surface area (Å²) < 4.78 is 1.52. The first kappa shape index (κ1) is 7.14. The Morgan fingerprint density at radius 2 is 2.30 bits per heavy atom. The van der Waals surface area contributed by atoms with Gasteiger partial charge in [0, 0.05) is 13.2 Å². The molecule has 1 heterocycles. The summed E-state index contributed by atoms with van der Waals surface area (Å²) in [5, 5.41) is 18.8. The lowest BCUT2D eigenvalue weighted by Gasteiger charge is -1.94. The van der Waals surface area contributed by atoms with Crippen LogP contribution in [0.15, 0.2) is 0 Å². The van der Waals surface area contributed by atoms with Crippen molar-refractivity contribution in [1.29, 1.82) is 0 Å². The topological polar surface area (TPSA) is 63.8 Å². The Morgan fingerprint density at radius 1 is 1.40 bits per heavy atom. The van der Waals surface area contributed by atoms with E-state index in [1.807, 2.05) is 0 Å². The van der Waals surface area contributed by atoms with Gasteiger partial charge in [-0.3, -0.25) is 0 Å². The lowest BCUT2D eigenvalue weighted by atomic mass is 10.3. The summed E-state index contributed by atoms with van der Waals surface area (Å²) >= 11 is 0. The molecule has 1 aromatic heterocycles. The van der Waals surface area contributed by atoms with Crippen molar-refractivity contribution in [2.75, 3.05) is 6.61 Å². The van der Waals surface area contributed by atoms with Crippen LogP contribution in [0, 0.1) is 6.33 Å². The second-order valence-corrected chi connectivity index (χ2v) is 1.93. The van der Waals surface area contributed by atoms with Gasteiger partial charge in [-0.2, -0.15) is 0 Å². The van der Waals surface area contributed by atoms with Crippen LogP contribution >= 0.6 is 0 Å². The van der Waals surface area contributed by atoms with Crippen molar-refractivity contribution in [3.63, 3.8) is 0 Å². The Morgan fingerprint density at radius 3 is 2.90 bits per heavy atom. The zero-order valence-corrected chi connectivity index (χ0v) is 5.56. The first-order chi connectivity index (χ1) is 4.93. The maximum absolute atomic E-state index is 8.42. The van der Waals surface area contributed by atoms with Crippen LogP contribution in [0.2, 0.25) is 0 Å². The van der Waals surface area contributed by atoms with E-state index in [1.165, 1.54) is 4.68 Å². The van der Waals surface area contributed by atoms with E-state index in [1.54, 1.807) is 0 Å². The number of tetrazole rings is 1. The zero-order valence-electron chi connectivity index (χ0n) is 5.56. The summed E-state index contributed by atoms with van der Waals surface area (Å²) in [6.07, 6.45) is 4.23. The number of rotatable bonds is 4. The molecule has 55 valence electrons. The predicted octanol–water partition coefficient (Wildman–Crippen LogP) is -0.754. The highest BCUT2D eigenvalue weighted by Gasteiger charge is 1.91. The number of aromatic nitrogens is 4. The lowest BCUT2D eigenvalue weighted by Crippen LogP contribution is -1.99. The Balaban J connectivity index is 2.15. The lowest BCUT2D eigenvalue weighted by molar-refractivity contribution is 0.280. The molecule has 0 unspecified atom stereocenters. The van der Waals surface area contributed by atoms with Crippen molar-refractivity contribution >= 4 is 0 Å². The highest BCUT2D eigenvalue weighted by atomic mass is 16.2. The number of aryl methyl sites for hydroxylation is 1. The summed E-state index contributed by atoms with van der Waals surface area (Å²) in [6.45, 7) is 0.954. The van der Waals surface area contributed by atoms with Gasteiger partial charge in [-0.1, -0.05) is 0 Å². The highest BCUT2D eigenvalue weighted by molar-refractivity contribution is 4.44. The molecule has 1 aromatic rings. The molecule has 0 aliphatic carbocycles. The van der Waals surface area contributed by atoms with Gasteiger partial charge in [0.2, 0.25) is 6.33 Å². The highest BCUT2D eigenvalue weighted by Crippen LogP contribution is 1.89. The third kappa shape index (κ3) is 2.10. The molecule has 0 aromatic carbocycles. The normalized spacial score (nSPS) is 10.1. The van der Waals surface area contributed by atoms with Gasteiger partial charge in [0.1, 0.15) is 0 Å². The Labute approximate surface area is 58.7 Å². The molecule has 0 aliphatic rings. The number of aliphatic hydroxyl groups excluding tert-OH is 1. The van der Waals surface area contributed by atoms with Crippen LogP contribution in [-0.4, -0.2) is 31.9 Å². The smallest absolute Gasteiger partial charge is 0.221 e. The molecule has 0 saturated carbocycles. The fraction of sp³-hybridized carbons (Fsp3) is 0.800. The van der Waals surface area contributed by atoms with Gasteiger partial charge in [0.25, 0.3) is 0 Å². The van der Waals surface area contributed by atoms with Crippen molar-refractivity contribution in [2.24, 2.45) is 0 Å². The minimum atomic E-state index is 0.224. The number of hydrogen-bond acceptors (Lipinski definition) is 4. The average Bonchev–Trinajstić information content (AvgIpc) is 2.41. The third-order valence-corrected chi connectivity index (χ3v) is 1.13. The van der Waals surface area contributed by atoms with E-state index in [4.69, 9.17) is 5.11 Å². The van der Waals surface area contributed by atoms with Crippen LogP contribution < -0.4 is 0 Å². The molecular formula is C5H9N4O. The molecule has 0 aliphatic heterocycles. The molecule has 0 bridgehead atoms. The zero-order chi connectivity index (χ0) is 7.23. The first-order valence-electron chi connectivity index (χ1n) is 3.18. The Kier molecular flexibility index (Phi) is 2.82. The second-order valence-electron chi connectivity index (χ2n) is 1.93. The van der Waals surface area contributed by atoms with Gasteiger partial charge in [-0.05, 0) is 23.3 Å². The van der Waals surface area contributed by atoms with E-state index >= 15 is 0 Å². The molecule has 1 N–H and O–H groups in total. The van der Waals surface area contributed by atoms with Crippen molar-refractivity contribution in [3.05, 3.63) is 6.33 Å². The predicted molar refractivity (Wildman–Crippen MR) is 33.0 cm³/mol. The van der Waals surface area contributed by atoms with E-state index in [0.717, 1.165) is 19.4 Å². The van der Waals surface area contributed by atoms with Crippen LogP contribution in [0.5, 0.6) is 0 Å². The molecule has 0 atom stereocenters. The van der Waals surface area contributed by atoms with Crippen molar-refractivity contribution in [3.8, 4) is 0 Å². The van der Waals surface area contributed by atoms with Gasteiger partial charge in [-0.15, -0.1) is 5.10 Å². The molecule has 5 heteroatoms. The van der Waals surface area contributed by atoms with E-state index in [2.05, 4.69) is 21.9 Å². The third-order valence-electron chi connectivity index (χ3n) is 1.13. The van der Waals surface area contributed by atoms with Gasteiger partial charge >= 0.3 is 0 Å². The van der Waals surface area contributed by atoms with E-state index in [-0.39, 0.29) is 6.61 Å². The van der Waals surface area contributed by atoms with Crippen molar-refractivity contribution in [2.45, 2.75) is 19.4 Å². The largest absolute Gasteiger partial charge is 0.396 e. The SMILES string of the molecule is OCCCCn1[c]nnn1. The molecule has 0 spiro atoms. The maximum atomic E-state index is 8.42. The number of aliphatic hydroxyl groups is 1. The monoisotopic (exact) mass is 141 g/mol. The molecule has 0 saturated heterocycles. The van der Waals surface area contributed by atoms with Crippen LogP contribution in [0.3, 0.4) is 0 Å². The van der Waals surface area contributed by atoms with E-state index < -0.39 is 0 Å². The van der Waals surface area contributed by atoms with E-state index in [0.29, 0.717) is 0 Å². The molecule has 10 heavy (non-hydrogen) atoms. The number of nitrogens with zero attached hydrogens (tertiary/aromatic N) is 4. The minimum absolute atomic E-state index is 0.224. The summed E-state index contributed by atoms with van der Waals surface area (Å²) in [5.41, 5.74) is 0. The second kappa shape index (κ2) is 3.94. The molecule has 0 fully saturated rings. The van der Waals surface area contributed by atoms with Gasteiger partial charge < -0.3 is 5.11 Å². The summed E-state index contributed by atoms with van der Waals surface area (Å²) in [5.74, 6) is 0. The number of hydrogen-bond donors (Lipinski definition) is 1. The minimum Gasteiger partial charge on any atom is -0.396 e. The summed E-state index contributed by atoms with van der Waals surface area (Å²) in [6, 6.07) is 0. The van der Waals surface area contributed by atoms with Crippen LogP contribution in [0.4, 0.5) is 0 Å². The van der Waals surface area contributed by atoms with Gasteiger partial charge in [-0.25, -0.2) is 4.68 Å². The van der Waals surface area contributed by atoms with Crippen molar-refractivity contribution in [1.82, 2.24) is 20.2 Å². The Hall–Kier alpha value is -0.970. The maximum Gasteiger partial charge on any atom is 0.221 e. The quantitative estimate of drug-likeness (QED) is 0.560. The van der Waals surface area contributed by atoms with Gasteiger partial charge in [0.05, 0.1) is 0 Å². The fourth-order valence-corrected chi connectivity index (χ4v) is 0.628. The summed E-state index contributed by atoms with van der Waals surface area (Å²) in [4.78, 5) is 0. The molecular weight excluding hydrogens is 132 g/mol. The van der Waals surface area contributed by atoms with Crippen LogP contribution in [-0.2, 0) is 6.54 Å².